The highest BCUT2D eigenvalue weighted by atomic mass is 32.1. The van der Waals surface area contributed by atoms with E-state index >= 15 is 0 Å². The SMILES string of the molecule is CC(C)NCC1CCC1CCc1cccs1. The third kappa shape index (κ3) is 3.33. The Morgan fingerprint density at radius 3 is 2.75 bits per heavy atom. The van der Waals surface area contributed by atoms with Crippen molar-refractivity contribution >= 4 is 11.3 Å². The Kier molecular flexibility index (Phi) is 4.42. The quantitative estimate of drug-likeness (QED) is 0.795. The van der Waals surface area contributed by atoms with Crippen molar-refractivity contribution < 1.29 is 0 Å². The largest absolute Gasteiger partial charge is 0.314 e. The van der Waals surface area contributed by atoms with Crippen molar-refractivity contribution in [1.82, 2.24) is 5.32 Å². The Balaban J connectivity index is 1.66. The molecule has 2 heteroatoms. The van der Waals surface area contributed by atoms with Crippen LogP contribution < -0.4 is 5.32 Å². The predicted octanol–water partition coefficient (Wildman–Crippen LogP) is 3.70. The van der Waals surface area contributed by atoms with Gasteiger partial charge >= 0.3 is 0 Å². The van der Waals surface area contributed by atoms with Crippen molar-refractivity contribution in [3.8, 4) is 0 Å². The first-order valence-electron chi connectivity index (χ1n) is 6.51. The summed E-state index contributed by atoms with van der Waals surface area (Å²) in [7, 11) is 0. The number of hydrogen-bond acceptors (Lipinski definition) is 2. The van der Waals surface area contributed by atoms with Gasteiger partial charge in [0.2, 0.25) is 0 Å². The van der Waals surface area contributed by atoms with Gasteiger partial charge in [0.15, 0.2) is 0 Å². The van der Waals surface area contributed by atoms with Crippen LogP contribution in [0.25, 0.3) is 0 Å². The topological polar surface area (TPSA) is 12.0 Å². The molecule has 1 aromatic heterocycles. The van der Waals surface area contributed by atoms with E-state index in [4.69, 9.17) is 0 Å². The van der Waals surface area contributed by atoms with Gasteiger partial charge in [-0.05, 0) is 55.5 Å². The highest BCUT2D eigenvalue weighted by molar-refractivity contribution is 7.09. The van der Waals surface area contributed by atoms with Crippen LogP contribution in [0.4, 0.5) is 0 Å². The third-order valence-electron chi connectivity index (χ3n) is 3.70. The number of thiophene rings is 1. The zero-order valence-corrected chi connectivity index (χ0v) is 11.2. The lowest BCUT2D eigenvalue weighted by Crippen LogP contribution is -2.38. The van der Waals surface area contributed by atoms with Crippen molar-refractivity contribution in [3.05, 3.63) is 22.4 Å². The first kappa shape index (κ1) is 12.1. The van der Waals surface area contributed by atoms with E-state index in [-0.39, 0.29) is 0 Å². The van der Waals surface area contributed by atoms with E-state index in [0.29, 0.717) is 6.04 Å². The Labute approximate surface area is 103 Å². The van der Waals surface area contributed by atoms with Gasteiger partial charge in [-0.3, -0.25) is 0 Å². The van der Waals surface area contributed by atoms with Crippen LogP contribution in [0.2, 0.25) is 0 Å². The molecule has 90 valence electrons. The molecule has 1 aliphatic carbocycles. The highest BCUT2D eigenvalue weighted by Gasteiger charge is 2.29. The molecule has 2 rings (SSSR count). The number of rotatable bonds is 6. The number of hydrogen-bond donors (Lipinski definition) is 1. The summed E-state index contributed by atoms with van der Waals surface area (Å²) in [4.78, 5) is 1.56. The summed E-state index contributed by atoms with van der Waals surface area (Å²) in [5, 5.41) is 5.76. The third-order valence-corrected chi connectivity index (χ3v) is 4.64. The standard InChI is InChI=1S/C14H23NS/c1-11(2)15-10-13-6-5-12(13)7-8-14-4-3-9-16-14/h3-4,9,11-13,15H,5-8,10H2,1-2H3. The van der Waals surface area contributed by atoms with Crippen LogP contribution in [0.1, 0.15) is 38.0 Å². The predicted molar refractivity (Wildman–Crippen MR) is 72.0 cm³/mol. The van der Waals surface area contributed by atoms with Crippen LogP contribution in [-0.4, -0.2) is 12.6 Å². The molecule has 0 radical (unpaired) electrons. The average molecular weight is 237 g/mol. The summed E-state index contributed by atoms with van der Waals surface area (Å²) in [6, 6.07) is 5.07. The second-order valence-corrected chi connectivity index (χ2v) is 6.31. The fraction of sp³-hybridized carbons (Fsp3) is 0.714. The van der Waals surface area contributed by atoms with Gasteiger partial charge in [-0.15, -0.1) is 11.3 Å². The molecule has 1 nitrogen and oxygen atoms in total. The smallest absolute Gasteiger partial charge is 0.00453 e. The number of aryl methyl sites for hydroxylation is 1. The van der Waals surface area contributed by atoms with Gasteiger partial charge in [0.25, 0.3) is 0 Å². The van der Waals surface area contributed by atoms with E-state index in [1.54, 1.807) is 4.88 Å². The second-order valence-electron chi connectivity index (χ2n) is 5.28. The van der Waals surface area contributed by atoms with E-state index in [9.17, 15) is 0 Å². The Morgan fingerprint density at radius 2 is 2.19 bits per heavy atom. The van der Waals surface area contributed by atoms with Crippen LogP contribution in [0.3, 0.4) is 0 Å². The van der Waals surface area contributed by atoms with E-state index in [1.165, 1.54) is 32.2 Å². The minimum Gasteiger partial charge on any atom is -0.314 e. The summed E-state index contributed by atoms with van der Waals surface area (Å²) < 4.78 is 0. The minimum atomic E-state index is 0.638. The molecule has 0 saturated heterocycles. The highest BCUT2D eigenvalue weighted by Crippen LogP contribution is 2.37. The average Bonchev–Trinajstić information content (AvgIpc) is 2.69. The van der Waals surface area contributed by atoms with E-state index in [1.807, 2.05) is 11.3 Å². The Hall–Kier alpha value is -0.340. The first-order chi connectivity index (χ1) is 7.75. The second kappa shape index (κ2) is 5.83. The van der Waals surface area contributed by atoms with Gasteiger partial charge in [-0.25, -0.2) is 0 Å². The molecule has 0 aliphatic heterocycles. The monoisotopic (exact) mass is 237 g/mol. The molecular formula is C14H23NS. The lowest BCUT2D eigenvalue weighted by Gasteiger charge is -2.37. The molecule has 1 heterocycles. The molecule has 1 saturated carbocycles. The van der Waals surface area contributed by atoms with Gasteiger partial charge in [0.1, 0.15) is 0 Å². The molecule has 1 aliphatic rings. The maximum atomic E-state index is 3.57. The van der Waals surface area contributed by atoms with Crippen LogP contribution in [0.15, 0.2) is 17.5 Å². The zero-order chi connectivity index (χ0) is 11.4. The van der Waals surface area contributed by atoms with Crippen LogP contribution >= 0.6 is 11.3 Å². The fourth-order valence-electron chi connectivity index (χ4n) is 2.46. The first-order valence-corrected chi connectivity index (χ1v) is 7.39. The van der Waals surface area contributed by atoms with Gasteiger partial charge in [-0.2, -0.15) is 0 Å². The lowest BCUT2D eigenvalue weighted by molar-refractivity contribution is 0.158. The molecule has 0 spiro atoms. The summed E-state index contributed by atoms with van der Waals surface area (Å²) in [6.07, 6.45) is 5.58. The van der Waals surface area contributed by atoms with Crippen molar-refractivity contribution in [3.63, 3.8) is 0 Å². The molecule has 16 heavy (non-hydrogen) atoms. The van der Waals surface area contributed by atoms with Crippen LogP contribution in [0.5, 0.6) is 0 Å². The van der Waals surface area contributed by atoms with Crippen molar-refractivity contribution in [2.24, 2.45) is 11.8 Å². The molecule has 2 atom stereocenters. The van der Waals surface area contributed by atoms with Gasteiger partial charge in [-0.1, -0.05) is 19.9 Å². The van der Waals surface area contributed by atoms with Crippen molar-refractivity contribution in [2.45, 2.75) is 45.6 Å². The van der Waals surface area contributed by atoms with Crippen molar-refractivity contribution in [2.75, 3.05) is 6.54 Å². The summed E-state index contributed by atoms with van der Waals surface area (Å²) in [5.41, 5.74) is 0. The normalized spacial score (nSPS) is 24.7. The van der Waals surface area contributed by atoms with Crippen LogP contribution in [-0.2, 0) is 6.42 Å². The van der Waals surface area contributed by atoms with Gasteiger partial charge in [0, 0.05) is 10.9 Å². The van der Waals surface area contributed by atoms with Gasteiger partial charge < -0.3 is 5.32 Å². The van der Waals surface area contributed by atoms with Gasteiger partial charge in [0.05, 0.1) is 0 Å². The molecule has 1 N–H and O–H groups in total. The summed E-state index contributed by atoms with van der Waals surface area (Å²) >= 11 is 1.90. The molecule has 0 bridgehead atoms. The Morgan fingerprint density at radius 1 is 1.38 bits per heavy atom. The number of nitrogens with one attached hydrogen (secondary N) is 1. The zero-order valence-electron chi connectivity index (χ0n) is 10.4. The van der Waals surface area contributed by atoms with Crippen LogP contribution in [0, 0.1) is 11.8 Å². The molecule has 0 aromatic carbocycles. The summed E-state index contributed by atoms with van der Waals surface area (Å²) in [5.74, 6) is 1.93. The van der Waals surface area contributed by atoms with Crippen molar-refractivity contribution in [1.29, 1.82) is 0 Å². The summed E-state index contributed by atoms with van der Waals surface area (Å²) in [6.45, 7) is 5.70. The van der Waals surface area contributed by atoms with E-state index in [2.05, 4.69) is 36.7 Å². The Bertz CT molecular complexity index is 292. The maximum Gasteiger partial charge on any atom is 0.00453 e. The molecular weight excluding hydrogens is 214 g/mol. The molecule has 0 amide bonds. The molecule has 2 unspecified atom stereocenters. The lowest BCUT2D eigenvalue weighted by atomic mass is 9.71. The minimum absolute atomic E-state index is 0.638. The van der Waals surface area contributed by atoms with E-state index < -0.39 is 0 Å². The molecule has 1 fully saturated rings. The van der Waals surface area contributed by atoms with E-state index in [0.717, 1.165) is 11.8 Å². The maximum absolute atomic E-state index is 3.57. The fourth-order valence-corrected chi connectivity index (χ4v) is 3.18. The molecule has 1 aromatic rings.